The van der Waals surface area contributed by atoms with Gasteiger partial charge >= 0.3 is 0 Å². The first kappa shape index (κ1) is 22.3. The van der Waals surface area contributed by atoms with Crippen LogP contribution in [0.15, 0.2) is 73.2 Å². The van der Waals surface area contributed by atoms with E-state index in [0.29, 0.717) is 18.1 Å². The van der Waals surface area contributed by atoms with Gasteiger partial charge in [0.15, 0.2) is 11.5 Å². The second-order valence-electron chi connectivity index (χ2n) is 8.56. The summed E-state index contributed by atoms with van der Waals surface area (Å²) in [6.07, 6.45) is 3.57. The lowest BCUT2D eigenvalue weighted by molar-refractivity contribution is -0.120. The quantitative estimate of drug-likeness (QED) is 0.396. The van der Waals surface area contributed by atoms with E-state index in [0.717, 1.165) is 33.8 Å². The predicted molar refractivity (Wildman–Crippen MR) is 134 cm³/mol. The van der Waals surface area contributed by atoms with E-state index in [1.165, 1.54) is 6.33 Å². The van der Waals surface area contributed by atoms with Crippen molar-refractivity contribution in [2.45, 2.75) is 19.9 Å². The first-order valence-electron chi connectivity index (χ1n) is 11.3. The minimum absolute atomic E-state index is 0.0955. The Morgan fingerprint density at radius 2 is 1.89 bits per heavy atom. The highest BCUT2D eigenvalue weighted by atomic mass is 16.1. The molecule has 5 rings (SSSR count). The molecule has 0 aliphatic heterocycles. The normalized spacial score (nSPS) is 11.1. The molecule has 4 heterocycles. The van der Waals surface area contributed by atoms with Gasteiger partial charge in [-0.1, -0.05) is 18.2 Å². The second-order valence-corrected chi connectivity index (χ2v) is 8.56. The molecule has 0 aliphatic carbocycles. The monoisotopic (exact) mass is 466 g/mol. The molecule has 0 fully saturated rings. The van der Waals surface area contributed by atoms with Crippen molar-refractivity contribution in [3.63, 3.8) is 0 Å². The minimum Gasteiger partial charge on any atom is -0.378 e. The van der Waals surface area contributed by atoms with Crippen LogP contribution in [0.4, 0.5) is 5.69 Å². The molecule has 176 valence electrons. The molecule has 0 unspecified atom stereocenters. The van der Waals surface area contributed by atoms with Crippen LogP contribution in [0.5, 0.6) is 0 Å². The van der Waals surface area contributed by atoms with Crippen molar-refractivity contribution in [1.82, 2.24) is 34.7 Å². The predicted octanol–water partition coefficient (Wildman–Crippen LogP) is 3.21. The molecule has 9 heteroatoms. The van der Waals surface area contributed by atoms with E-state index in [1.807, 2.05) is 92.8 Å². The summed E-state index contributed by atoms with van der Waals surface area (Å²) >= 11 is 0. The van der Waals surface area contributed by atoms with Crippen LogP contribution >= 0.6 is 0 Å². The molecule has 0 atom stereocenters. The fraction of sp³-hybridized carbons (Fsp3) is 0.192. The van der Waals surface area contributed by atoms with E-state index in [1.54, 1.807) is 9.20 Å². The van der Waals surface area contributed by atoms with Crippen molar-refractivity contribution in [3.8, 4) is 17.1 Å². The van der Waals surface area contributed by atoms with Gasteiger partial charge in [0.1, 0.15) is 6.33 Å². The largest absolute Gasteiger partial charge is 0.378 e. The zero-order valence-electron chi connectivity index (χ0n) is 19.9. The molecule has 4 aromatic heterocycles. The number of fused-ring (bicyclic) bond motifs is 1. The number of aromatic nitrogens is 6. The minimum atomic E-state index is -0.0955. The summed E-state index contributed by atoms with van der Waals surface area (Å²) in [6, 6.07) is 19.7. The molecule has 35 heavy (non-hydrogen) atoms. The number of aryl methyl sites for hydroxylation is 1. The van der Waals surface area contributed by atoms with Crippen LogP contribution in [0.1, 0.15) is 17.0 Å². The zero-order chi connectivity index (χ0) is 24.4. The lowest BCUT2D eigenvalue weighted by Gasteiger charge is -2.12. The van der Waals surface area contributed by atoms with Crippen LogP contribution in [0.2, 0.25) is 0 Å². The van der Waals surface area contributed by atoms with Crippen molar-refractivity contribution in [2.24, 2.45) is 0 Å². The summed E-state index contributed by atoms with van der Waals surface area (Å²) in [7, 11) is 4.00. The van der Waals surface area contributed by atoms with E-state index in [9.17, 15) is 4.79 Å². The third kappa shape index (κ3) is 4.89. The summed E-state index contributed by atoms with van der Waals surface area (Å²) in [5.41, 5.74) is 6.17. The highest BCUT2D eigenvalue weighted by molar-refractivity contribution is 5.78. The van der Waals surface area contributed by atoms with E-state index in [2.05, 4.69) is 20.4 Å². The molecule has 1 N–H and O–H groups in total. The van der Waals surface area contributed by atoms with Gasteiger partial charge in [0.2, 0.25) is 5.91 Å². The molecule has 1 amide bonds. The maximum atomic E-state index is 12.7. The summed E-state index contributed by atoms with van der Waals surface area (Å²) in [5, 5.41) is 12.0. The van der Waals surface area contributed by atoms with Crippen LogP contribution in [0.3, 0.4) is 0 Å². The standard InChI is InChI=1S/C26H26N8O/c1-18-5-4-6-25(30-18)34-23(20-9-12-24-28-17-29-33(24)16-20)13-21(31-34)14-26(35)27-15-19-7-10-22(11-8-19)32(2)3/h4-13,16-17H,14-15H2,1-3H3,(H,27,35). The molecule has 0 saturated heterocycles. The highest BCUT2D eigenvalue weighted by Crippen LogP contribution is 2.24. The van der Waals surface area contributed by atoms with Crippen molar-refractivity contribution in [3.05, 3.63) is 90.1 Å². The Hall–Kier alpha value is -4.53. The Balaban J connectivity index is 1.39. The van der Waals surface area contributed by atoms with E-state index in [4.69, 9.17) is 5.10 Å². The Morgan fingerprint density at radius 3 is 2.66 bits per heavy atom. The van der Waals surface area contributed by atoms with Crippen LogP contribution in [-0.2, 0) is 17.8 Å². The van der Waals surface area contributed by atoms with Crippen LogP contribution in [0.25, 0.3) is 22.7 Å². The van der Waals surface area contributed by atoms with Crippen molar-refractivity contribution < 1.29 is 4.79 Å². The highest BCUT2D eigenvalue weighted by Gasteiger charge is 2.16. The second kappa shape index (κ2) is 9.38. The van der Waals surface area contributed by atoms with Gasteiger partial charge in [-0.05, 0) is 55.0 Å². The van der Waals surface area contributed by atoms with Crippen LogP contribution in [-0.4, -0.2) is 49.4 Å². The lowest BCUT2D eigenvalue weighted by Crippen LogP contribution is -2.24. The molecule has 5 aromatic rings. The fourth-order valence-electron chi connectivity index (χ4n) is 3.85. The van der Waals surface area contributed by atoms with Gasteiger partial charge in [-0.25, -0.2) is 19.2 Å². The number of hydrogen-bond donors (Lipinski definition) is 1. The number of nitrogens with one attached hydrogen (secondary N) is 1. The van der Waals surface area contributed by atoms with Gasteiger partial charge in [-0.3, -0.25) is 4.79 Å². The molecule has 9 nitrogen and oxygen atoms in total. The van der Waals surface area contributed by atoms with E-state index < -0.39 is 0 Å². The Labute approximate surface area is 203 Å². The lowest BCUT2D eigenvalue weighted by atomic mass is 10.1. The Morgan fingerprint density at radius 1 is 1.06 bits per heavy atom. The first-order valence-corrected chi connectivity index (χ1v) is 11.3. The third-order valence-electron chi connectivity index (χ3n) is 5.70. The molecule has 0 radical (unpaired) electrons. The average molecular weight is 467 g/mol. The van der Waals surface area contributed by atoms with Crippen molar-refractivity contribution >= 4 is 17.2 Å². The van der Waals surface area contributed by atoms with Crippen LogP contribution in [0, 0.1) is 6.92 Å². The van der Waals surface area contributed by atoms with Gasteiger partial charge in [-0.2, -0.15) is 10.2 Å². The maximum absolute atomic E-state index is 12.7. The number of benzene rings is 1. The Kier molecular flexibility index (Phi) is 5.97. The number of carbonyl (C=O) groups excluding carboxylic acids is 1. The zero-order valence-corrected chi connectivity index (χ0v) is 19.9. The van der Waals surface area contributed by atoms with E-state index >= 15 is 0 Å². The van der Waals surface area contributed by atoms with Gasteiger partial charge in [-0.15, -0.1) is 0 Å². The molecule has 0 saturated carbocycles. The number of amides is 1. The summed E-state index contributed by atoms with van der Waals surface area (Å²) in [6.45, 7) is 2.40. The fourth-order valence-corrected chi connectivity index (χ4v) is 3.85. The topological polar surface area (TPSA) is 93.2 Å². The number of nitrogens with zero attached hydrogens (tertiary/aromatic N) is 7. The van der Waals surface area contributed by atoms with Crippen molar-refractivity contribution in [2.75, 3.05) is 19.0 Å². The van der Waals surface area contributed by atoms with Crippen molar-refractivity contribution in [1.29, 1.82) is 0 Å². The number of anilines is 1. The average Bonchev–Trinajstić information content (AvgIpc) is 3.49. The summed E-state index contributed by atoms with van der Waals surface area (Å²) < 4.78 is 3.48. The number of rotatable bonds is 7. The van der Waals surface area contributed by atoms with Gasteiger partial charge in [0.05, 0.1) is 17.8 Å². The third-order valence-corrected chi connectivity index (χ3v) is 5.70. The SMILES string of the molecule is Cc1cccc(-n2nc(CC(=O)NCc3ccc(N(C)C)cc3)cc2-c2ccc3ncnn3c2)n1. The van der Waals surface area contributed by atoms with Gasteiger partial charge in [0, 0.05) is 43.8 Å². The van der Waals surface area contributed by atoms with Crippen LogP contribution < -0.4 is 10.2 Å². The molecular weight excluding hydrogens is 440 g/mol. The molecule has 0 bridgehead atoms. The molecule has 0 spiro atoms. The summed E-state index contributed by atoms with van der Waals surface area (Å²) in [4.78, 5) is 23.6. The van der Waals surface area contributed by atoms with Gasteiger partial charge in [0.25, 0.3) is 0 Å². The number of carbonyl (C=O) groups is 1. The van der Waals surface area contributed by atoms with E-state index in [-0.39, 0.29) is 12.3 Å². The number of hydrogen-bond acceptors (Lipinski definition) is 6. The molecule has 1 aromatic carbocycles. The summed E-state index contributed by atoms with van der Waals surface area (Å²) in [5.74, 6) is 0.591. The van der Waals surface area contributed by atoms with Gasteiger partial charge < -0.3 is 10.2 Å². The maximum Gasteiger partial charge on any atom is 0.226 e. The Bertz CT molecular complexity index is 1480. The molecule has 0 aliphatic rings. The molecular formula is C26H26N8O. The smallest absolute Gasteiger partial charge is 0.226 e. The number of pyridine rings is 2. The first-order chi connectivity index (χ1) is 17.0.